The van der Waals surface area contributed by atoms with E-state index in [2.05, 4.69) is 11.8 Å². The molecule has 2 fully saturated rings. The van der Waals surface area contributed by atoms with Gasteiger partial charge in [0, 0.05) is 25.2 Å². The van der Waals surface area contributed by atoms with Gasteiger partial charge in [-0.3, -0.25) is 4.90 Å². The molecular formula is C11H21NO. The predicted molar refractivity (Wildman–Crippen MR) is 53.6 cm³/mol. The summed E-state index contributed by atoms with van der Waals surface area (Å²) in [7, 11) is 0. The maximum absolute atomic E-state index is 8.82. The summed E-state index contributed by atoms with van der Waals surface area (Å²) < 4.78 is 0. The molecule has 13 heavy (non-hydrogen) atoms. The Kier molecular flexibility index (Phi) is 2.89. The Balaban J connectivity index is 1.90. The van der Waals surface area contributed by atoms with E-state index in [0.717, 1.165) is 31.0 Å². The maximum atomic E-state index is 8.82. The zero-order valence-corrected chi connectivity index (χ0v) is 8.58. The van der Waals surface area contributed by atoms with Gasteiger partial charge >= 0.3 is 0 Å². The Morgan fingerprint density at radius 3 is 2.38 bits per heavy atom. The molecular weight excluding hydrogens is 162 g/mol. The molecule has 76 valence electrons. The van der Waals surface area contributed by atoms with Gasteiger partial charge in [0.25, 0.3) is 0 Å². The summed E-state index contributed by atoms with van der Waals surface area (Å²) in [6, 6.07) is 1.69. The molecule has 2 heteroatoms. The molecule has 2 aliphatic heterocycles. The first-order valence-corrected chi connectivity index (χ1v) is 5.68. The van der Waals surface area contributed by atoms with Gasteiger partial charge in [-0.15, -0.1) is 0 Å². The van der Waals surface area contributed by atoms with Crippen molar-refractivity contribution in [1.29, 1.82) is 0 Å². The SMILES string of the molecule is CC1CC2CCC(C1)N2CCCO. The monoisotopic (exact) mass is 183 g/mol. The third kappa shape index (κ3) is 1.89. The molecule has 0 aromatic rings. The normalized spacial score (nSPS) is 39.7. The lowest BCUT2D eigenvalue weighted by atomic mass is 9.92. The molecule has 2 unspecified atom stereocenters. The molecule has 2 aliphatic rings. The van der Waals surface area contributed by atoms with E-state index in [4.69, 9.17) is 5.11 Å². The first-order chi connectivity index (χ1) is 6.31. The van der Waals surface area contributed by atoms with Crippen LogP contribution in [0.3, 0.4) is 0 Å². The first kappa shape index (κ1) is 9.47. The fourth-order valence-corrected chi connectivity index (χ4v) is 3.16. The van der Waals surface area contributed by atoms with Crippen molar-refractivity contribution in [1.82, 2.24) is 4.90 Å². The van der Waals surface area contributed by atoms with Crippen molar-refractivity contribution in [2.45, 2.75) is 51.1 Å². The van der Waals surface area contributed by atoms with Gasteiger partial charge in [-0.05, 0) is 38.0 Å². The summed E-state index contributed by atoms with van der Waals surface area (Å²) in [5.74, 6) is 0.933. The van der Waals surface area contributed by atoms with E-state index in [1.165, 1.54) is 25.7 Å². The molecule has 0 aromatic carbocycles. The highest BCUT2D eigenvalue weighted by Gasteiger charge is 2.38. The third-order valence-electron chi connectivity index (χ3n) is 3.69. The average Bonchev–Trinajstić information content (AvgIpc) is 2.33. The molecule has 0 aromatic heterocycles. The minimum absolute atomic E-state index is 0.353. The molecule has 2 rings (SSSR count). The summed E-state index contributed by atoms with van der Waals surface area (Å²) in [6.07, 6.45) is 6.55. The molecule has 2 saturated heterocycles. The van der Waals surface area contributed by atoms with Crippen LogP contribution in [0.5, 0.6) is 0 Å². The van der Waals surface area contributed by atoms with E-state index in [0.29, 0.717) is 6.61 Å². The number of hydrogen-bond acceptors (Lipinski definition) is 2. The number of aliphatic hydroxyl groups excluding tert-OH is 1. The molecule has 0 amide bonds. The highest BCUT2D eigenvalue weighted by atomic mass is 16.3. The van der Waals surface area contributed by atoms with Crippen LogP contribution in [-0.4, -0.2) is 35.2 Å². The predicted octanol–water partition coefficient (Wildman–Crippen LogP) is 1.63. The minimum Gasteiger partial charge on any atom is -0.396 e. The standard InChI is InChI=1S/C11H21NO/c1-9-7-10-3-4-11(8-9)12(10)5-2-6-13/h9-11,13H,2-8H2,1H3. The van der Waals surface area contributed by atoms with Gasteiger partial charge in [-0.1, -0.05) is 6.92 Å². The second-order valence-electron chi connectivity index (χ2n) is 4.78. The van der Waals surface area contributed by atoms with Crippen molar-refractivity contribution in [2.75, 3.05) is 13.2 Å². The quantitative estimate of drug-likeness (QED) is 0.719. The molecule has 2 bridgehead atoms. The molecule has 0 spiro atoms. The summed E-state index contributed by atoms with van der Waals surface area (Å²) in [4.78, 5) is 2.65. The number of aliphatic hydroxyl groups is 1. The Morgan fingerprint density at radius 1 is 1.23 bits per heavy atom. The van der Waals surface area contributed by atoms with E-state index < -0.39 is 0 Å². The van der Waals surface area contributed by atoms with Gasteiger partial charge < -0.3 is 5.11 Å². The maximum Gasteiger partial charge on any atom is 0.0443 e. The topological polar surface area (TPSA) is 23.5 Å². The Bertz CT molecular complexity index is 157. The number of nitrogens with zero attached hydrogens (tertiary/aromatic N) is 1. The highest BCUT2D eigenvalue weighted by molar-refractivity contribution is 4.93. The molecule has 2 nitrogen and oxygen atoms in total. The summed E-state index contributed by atoms with van der Waals surface area (Å²) in [6.45, 7) is 3.86. The largest absolute Gasteiger partial charge is 0.396 e. The van der Waals surface area contributed by atoms with E-state index in [1.54, 1.807) is 0 Å². The van der Waals surface area contributed by atoms with Gasteiger partial charge in [0.05, 0.1) is 0 Å². The molecule has 2 heterocycles. The lowest BCUT2D eigenvalue weighted by Gasteiger charge is -2.37. The Hall–Kier alpha value is -0.0800. The second-order valence-corrected chi connectivity index (χ2v) is 4.78. The van der Waals surface area contributed by atoms with Crippen LogP contribution < -0.4 is 0 Å². The zero-order valence-electron chi connectivity index (χ0n) is 8.58. The average molecular weight is 183 g/mol. The second kappa shape index (κ2) is 3.97. The van der Waals surface area contributed by atoms with Crippen LogP contribution in [0.4, 0.5) is 0 Å². The molecule has 2 atom stereocenters. The van der Waals surface area contributed by atoms with Gasteiger partial charge in [-0.25, -0.2) is 0 Å². The van der Waals surface area contributed by atoms with Crippen molar-refractivity contribution in [2.24, 2.45) is 5.92 Å². The van der Waals surface area contributed by atoms with Crippen LogP contribution in [0.15, 0.2) is 0 Å². The van der Waals surface area contributed by atoms with E-state index in [9.17, 15) is 0 Å². The molecule has 0 radical (unpaired) electrons. The lowest BCUT2D eigenvalue weighted by Crippen LogP contribution is -2.42. The molecule has 1 N–H and O–H groups in total. The molecule has 0 aliphatic carbocycles. The summed E-state index contributed by atoms with van der Waals surface area (Å²) in [5, 5.41) is 8.82. The van der Waals surface area contributed by atoms with Crippen molar-refractivity contribution < 1.29 is 5.11 Å². The fourth-order valence-electron chi connectivity index (χ4n) is 3.16. The summed E-state index contributed by atoms with van der Waals surface area (Å²) >= 11 is 0. The van der Waals surface area contributed by atoms with Crippen molar-refractivity contribution in [3.63, 3.8) is 0 Å². The number of piperidine rings is 1. The van der Waals surface area contributed by atoms with E-state index in [1.807, 2.05) is 0 Å². The fraction of sp³-hybridized carbons (Fsp3) is 1.00. The number of hydrogen-bond donors (Lipinski definition) is 1. The summed E-state index contributed by atoms with van der Waals surface area (Å²) in [5.41, 5.74) is 0. The van der Waals surface area contributed by atoms with Gasteiger partial charge in [0.2, 0.25) is 0 Å². The smallest absolute Gasteiger partial charge is 0.0443 e. The van der Waals surface area contributed by atoms with Crippen molar-refractivity contribution in [3.8, 4) is 0 Å². The van der Waals surface area contributed by atoms with Crippen LogP contribution in [-0.2, 0) is 0 Å². The van der Waals surface area contributed by atoms with E-state index >= 15 is 0 Å². The molecule has 0 saturated carbocycles. The van der Waals surface area contributed by atoms with Gasteiger partial charge in [0.15, 0.2) is 0 Å². The van der Waals surface area contributed by atoms with E-state index in [-0.39, 0.29) is 0 Å². The highest BCUT2D eigenvalue weighted by Crippen LogP contribution is 2.38. The number of fused-ring (bicyclic) bond motifs is 2. The third-order valence-corrected chi connectivity index (χ3v) is 3.69. The Labute approximate surface area is 80.9 Å². The zero-order chi connectivity index (χ0) is 9.26. The van der Waals surface area contributed by atoms with Gasteiger partial charge in [-0.2, -0.15) is 0 Å². The van der Waals surface area contributed by atoms with Crippen LogP contribution >= 0.6 is 0 Å². The van der Waals surface area contributed by atoms with Crippen molar-refractivity contribution >= 4 is 0 Å². The van der Waals surface area contributed by atoms with Crippen LogP contribution in [0, 0.1) is 5.92 Å². The van der Waals surface area contributed by atoms with Crippen LogP contribution in [0.1, 0.15) is 39.0 Å². The first-order valence-electron chi connectivity index (χ1n) is 5.68. The van der Waals surface area contributed by atoms with Crippen LogP contribution in [0.2, 0.25) is 0 Å². The van der Waals surface area contributed by atoms with Crippen molar-refractivity contribution in [3.05, 3.63) is 0 Å². The minimum atomic E-state index is 0.353. The lowest BCUT2D eigenvalue weighted by molar-refractivity contribution is 0.101. The Morgan fingerprint density at radius 2 is 1.85 bits per heavy atom. The van der Waals surface area contributed by atoms with Crippen LogP contribution in [0.25, 0.3) is 0 Å². The van der Waals surface area contributed by atoms with Gasteiger partial charge in [0.1, 0.15) is 0 Å². The number of rotatable bonds is 3.